The highest BCUT2D eigenvalue weighted by atomic mass is 35.5. The molecular weight excluding hydrogens is 488 g/mol. The Morgan fingerprint density at radius 1 is 1.06 bits per heavy atom. The second-order valence-electron chi connectivity index (χ2n) is 8.98. The zero-order valence-corrected chi connectivity index (χ0v) is 21.4. The number of unbranched alkanes of at least 4 members (excludes halogenated alkanes) is 2. The molecule has 8 nitrogen and oxygen atoms in total. The number of benzene rings is 2. The van der Waals surface area contributed by atoms with E-state index in [0.29, 0.717) is 30.0 Å². The molecule has 0 aliphatic carbocycles. The summed E-state index contributed by atoms with van der Waals surface area (Å²) in [4.78, 5) is 12.0. The zero-order valence-electron chi connectivity index (χ0n) is 20.6. The average Bonchev–Trinajstić information content (AvgIpc) is 2.87. The number of rotatable bonds is 11. The van der Waals surface area contributed by atoms with Gasteiger partial charge in [0.1, 0.15) is 36.8 Å². The smallest absolute Gasteiger partial charge is 0.305 e. The summed E-state index contributed by atoms with van der Waals surface area (Å²) in [6.07, 6.45) is -3.26. The van der Waals surface area contributed by atoms with Gasteiger partial charge >= 0.3 is 5.97 Å². The lowest BCUT2D eigenvalue weighted by atomic mass is 9.87. The lowest BCUT2D eigenvalue weighted by Crippen LogP contribution is -2.63. The van der Waals surface area contributed by atoms with Crippen LogP contribution in [-0.2, 0) is 26.5 Å². The maximum atomic E-state index is 12.0. The van der Waals surface area contributed by atoms with E-state index in [1.807, 2.05) is 38.1 Å². The molecule has 3 rings (SSSR count). The third kappa shape index (κ3) is 6.76. The molecule has 5 atom stereocenters. The Kier molecular flexibility index (Phi) is 10.1. The topological polar surface area (TPSA) is 126 Å². The van der Waals surface area contributed by atoms with Crippen molar-refractivity contribution in [2.45, 2.75) is 76.2 Å². The summed E-state index contributed by atoms with van der Waals surface area (Å²) in [5.41, 5.74) is 1.74. The third-order valence-corrected chi connectivity index (χ3v) is 6.64. The minimum absolute atomic E-state index is 0.144. The van der Waals surface area contributed by atoms with Crippen LogP contribution in [-0.4, -0.2) is 64.0 Å². The molecule has 1 aliphatic rings. The van der Waals surface area contributed by atoms with E-state index in [2.05, 4.69) is 0 Å². The van der Waals surface area contributed by atoms with Crippen molar-refractivity contribution in [2.75, 3.05) is 13.2 Å². The van der Waals surface area contributed by atoms with E-state index in [-0.39, 0.29) is 18.6 Å². The molecule has 2 aromatic carbocycles. The minimum atomic E-state index is -2.36. The van der Waals surface area contributed by atoms with E-state index >= 15 is 0 Å². The second kappa shape index (κ2) is 12.9. The quantitative estimate of drug-likeness (QED) is 0.262. The van der Waals surface area contributed by atoms with Crippen LogP contribution in [0.1, 0.15) is 56.2 Å². The van der Waals surface area contributed by atoms with E-state index in [4.69, 9.17) is 25.8 Å². The predicted octanol–water partition coefficient (Wildman–Crippen LogP) is 3.08. The first-order valence-corrected chi connectivity index (χ1v) is 12.7. The molecule has 1 fully saturated rings. The standard InChI is InChI=1S/C27H35ClO8/c1-3-5-6-7-23(29)35-16-22-24(30)25(31)26(32)27(33,36-22)19-10-13-21(28)18(15-19)14-17-8-11-20(12-9-17)34-4-2/h8-13,15,22,24-26,30-33H,3-7,14,16H2,1-2H3/t22-,24-,25+,26-,27-/m1/s1. The monoisotopic (exact) mass is 522 g/mol. The number of halogens is 1. The number of carbonyl (C=O) groups is 1. The Balaban J connectivity index is 1.78. The van der Waals surface area contributed by atoms with Crippen molar-refractivity contribution >= 4 is 17.6 Å². The maximum absolute atomic E-state index is 12.0. The Hall–Kier alpha value is -2.20. The van der Waals surface area contributed by atoms with Gasteiger partial charge in [0, 0.05) is 17.0 Å². The van der Waals surface area contributed by atoms with E-state index in [1.165, 1.54) is 6.07 Å². The number of ether oxygens (including phenoxy) is 3. The predicted molar refractivity (Wildman–Crippen MR) is 134 cm³/mol. The molecule has 0 aromatic heterocycles. The van der Waals surface area contributed by atoms with Crippen molar-refractivity contribution in [3.63, 3.8) is 0 Å². The van der Waals surface area contributed by atoms with Gasteiger partial charge < -0.3 is 34.6 Å². The number of hydrogen-bond donors (Lipinski definition) is 4. The number of esters is 1. The Morgan fingerprint density at radius 3 is 2.44 bits per heavy atom. The van der Waals surface area contributed by atoms with Crippen molar-refractivity contribution in [1.29, 1.82) is 0 Å². The second-order valence-corrected chi connectivity index (χ2v) is 9.39. The number of carbonyl (C=O) groups excluding carboxylic acids is 1. The molecule has 0 spiro atoms. The lowest BCUT2D eigenvalue weighted by molar-refractivity contribution is -0.358. The van der Waals surface area contributed by atoms with Crippen LogP contribution in [0.25, 0.3) is 0 Å². The molecule has 0 bridgehead atoms. The van der Waals surface area contributed by atoms with Gasteiger partial charge in [0.15, 0.2) is 0 Å². The molecule has 2 aromatic rings. The number of aliphatic hydroxyl groups is 4. The van der Waals surface area contributed by atoms with Gasteiger partial charge in [-0.15, -0.1) is 0 Å². The minimum Gasteiger partial charge on any atom is -0.494 e. The van der Waals surface area contributed by atoms with Crippen LogP contribution < -0.4 is 4.74 Å². The van der Waals surface area contributed by atoms with Crippen LogP contribution in [0.3, 0.4) is 0 Å². The molecule has 9 heteroatoms. The fourth-order valence-corrected chi connectivity index (χ4v) is 4.35. The van der Waals surface area contributed by atoms with Crippen molar-refractivity contribution in [1.82, 2.24) is 0 Å². The van der Waals surface area contributed by atoms with Crippen molar-refractivity contribution in [2.24, 2.45) is 0 Å². The first-order valence-electron chi connectivity index (χ1n) is 12.3. The van der Waals surface area contributed by atoms with E-state index in [0.717, 1.165) is 24.2 Å². The number of hydrogen-bond acceptors (Lipinski definition) is 8. The summed E-state index contributed by atoms with van der Waals surface area (Å²) in [6, 6.07) is 12.1. The molecule has 0 saturated carbocycles. The van der Waals surface area contributed by atoms with Gasteiger partial charge in [-0.2, -0.15) is 0 Å². The summed E-state index contributed by atoms with van der Waals surface area (Å²) in [6.45, 7) is 4.10. The Bertz CT molecular complexity index is 998. The molecule has 0 radical (unpaired) electrons. The van der Waals surface area contributed by atoms with Crippen LogP contribution >= 0.6 is 11.6 Å². The number of aliphatic hydroxyl groups excluding tert-OH is 3. The summed E-state index contributed by atoms with van der Waals surface area (Å²) in [5, 5.41) is 43.3. The van der Waals surface area contributed by atoms with Crippen molar-refractivity contribution < 1.29 is 39.4 Å². The summed E-state index contributed by atoms with van der Waals surface area (Å²) in [7, 11) is 0. The van der Waals surface area contributed by atoms with Gasteiger partial charge in [-0.3, -0.25) is 4.79 Å². The zero-order chi connectivity index (χ0) is 26.3. The molecule has 36 heavy (non-hydrogen) atoms. The van der Waals surface area contributed by atoms with Gasteiger partial charge in [-0.1, -0.05) is 49.6 Å². The highest BCUT2D eigenvalue weighted by molar-refractivity contribution is 6.31. The molecule has 1 saturated heterocycles. The first-order chi connectivity index (χ1) is 17.2. The Morgan fingerprint density at radius 2 is 1.78 bits per heavy atom. The van der Waals surface area contributed by atoms with Crippen LogP contribution in [0, 0.1) is 0 Å². The summed E-state index contributed by atoms with van der Waals surface area (Å²) < 4.78 is 16.3. The fourth-order valence-electron chi connectivity index (χ4n) is 4.17. The van der Waals surface area contributed by atoms with Gasteiger partial charge in [0.2, 0.25) is 5.79 Å². The van der Waals surface area contributed by atoms with Crippen LogP contribution in [0.4, 0.5) is 0 Å². The SMILES string of the molecule is CCCCCC(=O)OC[C@H]1O[C@](O)(c2ccc(Cl)c(Cc3ccc(OCC)cc3)c2)[C@H](O)[C@@H](O)[C@@H]1O. The molecule has 1 aliphatic heterocycles. The maximum Gasteiger partial charge on any atom is 0.305 e. The largest absolute Gasteiger partial charge is 0.494 e. The summed E-state index contributed by atoms with van der Waals surface area (Å²) >= 11 is 6.41. The molecule has 198 valence electrons. The van der Waals surface area contributed by atoms with Gasteiger partial charge in [-0.25, -0.2) is 0 Å². The van der Waals surface area contributed by atoms with Gasteiger partial charge in [-0.05, 0) is 55.2 Å². The van der Waals surface area contributed by atoms with E-state index in [1.54, 1.807) is 12.1 Å². The molecular formula is C27H35ClO8. The molecule has 0 unspecified atom stereocenters. The molecule has 1 heterocycles. The first kappa shape index (κ1) is 28.4. The third-order valence-electron chi connectivity index (χ3n) is 6.27. The van der Waals surface area contributed by atoms with Crippen LogP contribution in [0.15, 0.2) is 42.5 Å². The highest BCUT2D eigenvalue weighted by Crippen LogP contribution is 2.38. The average molecular weight is 523 g/mol. The normalized spacial score (nSPS) is 26.0. The van der Waals surface area contributed by atoms with Gasteiger partial charge in [0.25, 0.3) is 0 Å². The summed E-state index contributed by atoms with van der Waals surface area (Å²) in [5.74, 6) is -2.08. The molecule has 4 N–H and O–H groups in total. The van der Waals surface area contributed by atoms with Crippen molar-refractivity contribution in [3.05, 3.63) is 64.2 Å². The fraction of sp³-hybridized carbons (Fsp3) is 0.519. The van der Waals surface area contributed by atoms with Gasteiger partial charge in [0.05, 0.1) is 6.61 Å². The van der Waals surface area contributed by atoms with Crippen LogP contribution in [0.5, 0.6) is 5.75 Å². The molecule has 0 amide bonds. The lowest BCUT2D eigenvalue weighted by Gasteiger charge is -2.45. The Labute approximate surface area is 216 Å². The highest BCUT2D eigenvalue weighted by Gasteiger charge is 2.54. The van der Waals surface area contributed by atoms with Crippen molar-refractivity contribution in [3.8, 4) is 5.75 Å². The van der Waals surface area contributed by atoms with Crippen LogP contribution in [0.2, 0.25) is 5.02 Å². The van der Waals surface area contributed by atoms with E-state index in [9.17, 15) is 25.2 Å². The van der Waals surface area contributed by atoms with E-state index < -0.39 is 36.2 Å².